The van der Waals surface area contributed by atoms with E-state index in [0.717, 1.165) is 17.1 Å². The quantitative estimate of drug-likeness (QED) is 0.765. The van der Waals surface area contributed by atoms with Crippen LogP contribution >= 0.6 is 0 Å². The van der Waals surface area contributed by atoms with Gasteiger partial charge in [-0.25, -0.2) is 19.6 Å². The Morgan fingerprint density at radius 1 is 1.05 bits per heavy atom. The summed E-state index contributed by atoms with van der Waals surface area (Å²) < 4.78 is 1.72. The molecule has 19 heavy (non-hydrogen) atoms. The Labute approximate surface area is 110 Å². The smallest absolute Gasteiger partial charge is 0.138 e. The summed E-state index contributed by atoms with van der Waals surface area (Å²) in [5.74, 6) is 0. The molecule has 0 amide bonds. The van der Waals surface area contributed by atoms with Gasteiger partial charge in [0.05, 0.1) is 23.6 Å². The molecule has 0 unspecified atom stereocenters. The van der Waals surface area contributed by atoms with Crippen molar-refractivity contribution >= 4 is 5.69 Å². The minimum absolute atomic E-state index is 0.633. The topological polar surface area (TPSA) is 68.5 Å². The Balaban J connectivity index is 1.82. The second-order valence-corrected chi connectivity index (χ2v) is 3.91. The first-order chi connectivity index (χ1) is 9.43. The van der Waals surface area contributed by atoms with Gasteiger partial charge in [-0.2, -0.15) is 5.10 Å². The molecule has 2 heterocycles. The second-order valence-electron chi connectivity index (χ2n) is 3.91. The van der Waals surface area contributed by atoms with Gasteiger partial charge in [0, 0.05) is 6.20 Å². The molecule has 0 aliphatic carbocycles. The second kappa shape index (κ2) is 5.26. The van der Waals surface area contributed by atoms with Crippen LogP contribution in [0.1, 0.15) is 5.69 Å². The maximum atomic E-state index is 4.18. The number of aromatic nitrogens is 5. The van der Waals surface area contributed by atoms with Gasteiger partial charge in [-0.1, -0.05) is 12.1 Å². The molecule has 6 heteroatoms. The lowest BCUT2D eigenvalue weighted by molar-refractivity contribution is 0.876. The fraction of sp³-hybridized carbons (Fsp3) is 0.0769. The molecule has 2 aromatic heterocycles. The highest BCUT2D eigenvalue weighted by Gasteiger charge is 2.04. The minimum Gasteiger partial charge on any atom is -0.378 e. The van der Waals surface area contributed by atoms with Gasteiger partial charge in [0.25, 0.3) is 0 Å². The van der Waals surface area contributed by atoms with E-state index in [1.807, 2.05) is 30.3 Å². The van der Waals surface area contributed by atoms with Gasteiger partial charge in [0.15, 0.2) is 0 Å². The Morgan fingerprint density at radius 2 is 2.00 bits per heavy atom. The summed E-state index contributed by atoms with van der Waals surface area (Å²) in [6.45, 7) is 0.633. The number of nitrogens with zero attached hydrogens (tertiary/aromatic N) is 5. The van der Waals surface area contributed by atoms with Gasteiger partial charge in [0.1, 0.15) is 19.0 Å². The maximum absolute atomic E-state index is 4.18. The van der Waals surface area contributed by atoms with Crippen molar-refractivity contribution in [2.45, 2.75) is 6.54 Å². The van der Waals surface area contributed by atoms with E-state index in [0.29, 0.717) is 6.54 Å². The van der Waals surface area contributed by atoms with E-state index in [1.54, 1.807) is 23.5 Å². The summed E-state index contributed by atoms with van der Waals surface area (Å²) in [4.78, 5) is 12.0. The van der Waals surface area contributed by atoms with Crippen LogP contribution in [0.3, 0.4) is 0 Å². The lowest BCUT2D eigenvalue weighted by atomic mass is 10.2. The molecule has 0 radical (unpaired) electrons. The number of hydrogen-bond donors (Lipinski definition) is 1. The van der Waals surface area contributed by atoms with Crippen molar-refractivity contribution in [3.8, 4) is 5.69 Å². The van der Waals surface area contributed by atoms with Crippen LogP contribution in [0.15, 0.2) is 55.5 Å². The Kier molecular flexibility index (Phi) is 3.14. The number of anilines is 1. The largest absolute Gasteiger partial charge is 0.378 e. The van der Waals surface area contributed by atoms with Crippen molar-refractivity contribution < 1.29 is 0 Å². The monoisotopic (exact) mass is 252 g/mol. The third-order valence-electron chi connectivity index (χ3n) is 2.67. The van der Waals surface area contributed by atoms with E-state index in [-0.39, 0.29) is 0 Å². The lowest BCUT2D eigenvalue weighted by Crippen LogP contribution is -2.05. The molecule has 1 N–H and O–H groups in total. The standard InChI is InChI=1S/C13H12N6/c1-2-4-13(19-10-15-9-18-19)12(3-1)16-7-11-5-6-14-8-17-11/h1-6,8-10,16H,7H2. The molecule has 0 fully saturated rings. The van der Waals surface area contributed by atoms with Crippen LogP contribution in [-0.2, 0) is 6.54 Å². The Bertz CT molecular complexity index is 635. The molecule has 3 aromatic rings. The zero-order chi connectivity index (χ0) is 12.9. The van der Waals surface area contributed by atoms with Crippen molar-refractivity contribution in [3.63, 3.8) is 0 Å². The minimum atomic E-state index is 0.633. The molecule has 0 spiro atoms. The van der Waals surface area contributed by atoms with E-state index in [9.17, 15) is 0 Å². The molecule has 3 rings (SSSR count). The van der Waals surface area contributed by atoms with E-state index in [2.05, 4.69) is 25.4 Å². The molecule has 94 valence electrons. The highest BCUT2D eigenvalue weighted by atomic mass is 15.3. The van der Waals surface area contributed by atoms with Crippen LogP contribution < -0.4 is 5.32 Å². The zero-order valence-electron chi connectivity index (χ0n) is 10.1. The van der Waals surface area contributed by atoms with Crippen molar-refractivity contribution in [1.29, 1.82) is 0 Å². The first kappa shape index (κ1) is 11.3. The molecule has 0 aliphatic rings. The zero-order valence-corrected chi connectivity index (χ0v) is 10.1. The molecule has 0 aliphatic heterocycles. The maximum Gasteiger partial charge on any atom is 0.138 e. The van der Waals surface area contributed by atoms with Gasteiger partial charge in [-0.15, -0.1) is 0 Å². The fourth-order valence-electron chi connectivity index (χ4n) is 1.76. The van der Waals surface area contributed by atoms with Crippen LogP contribution in [0.5, 0.6) is 0 Å². The van der Waals surface area contributed by atoms with Crippen molar-refractivity contribution in [3.05, 3.63) is 61.2 Å². The van der Waals surface area contributed by atoms with Crippen LogP contribution in [-0.4, -0.2) is 24.7 Å². The summed E-state index contributed by atoms with van der Waals surface area (Å²) in [5, 5.41) is 7.48. The van der Waals surface area contributed by atoms with Gasteiger partial charge in [-0.05, 0) is 18.2 Å². The molecule has 0 saturated carbocycles. The SMILES string of the molecule is c1ccc(-n2cncn2)c(NCc2ccncn2)c1. The van der Waals surface area contributed by atoms with E-state index < -0.39 is 0 Å². The average molecular weight is 252 g/mol. The number of benzene rings is 1. The van der Waals surface area contributed by atoms with E-state index in [4.69, 9.17) is 0 Å². The van der Waals surface area contributed by atoms with Gasteiger partial charge < -0.3 is 5.32 Å². The van der Waals surface area contributed by atoms with E-state index in [1.165, 1.54) is 6.33 Å². The molecule has 0 atom stereocenters. The third kappa shape index (κ3) is 2.57. The Morgan fingerprint density at radius 3 is 2.79 bits per heavy atom. The predicted octanol–water partition coefficient (Wildman–Crippen LogP) is 1.67. The van der Waals surface area contributed by atoms with E-state index >= 15 is 0 Å². The number of rotatable bonds is 4. The molecule has 6 nitrogen and oxygen atoms in total. The first-order valence-corrected chi connectivity index (χ1v) is 5.86. The van der Waals surface area contributed by atoms with Crippen molar-refractivity contribution in [2.75, 3.05) is 5.32 Å². The van der Waals surface area contributed by atoms with Crippen LogP contribution in [0.25, 0.3) is 5.69 Å². The highest BCUT2D eigenvalue weighted by molar-refractivity contribution is 5.60. The number of para-hydroxylation sites is 2. The average Bonchev–Trinajstić information content (AvgIpc) is 3.01. The van der Waals surface area contributed by atoms with Gasteiger partial charge in [0.2, 0.25) is 0 Å². The first-order valence-electron chi connectivity index (χ1n) is 5.86. The molecular formula is C13H12N6. The molecule has 0 bridgehead atoms. The van der Waals surface area contributed by atoms with Crippen LogP contribution in [0.2, 0.25) is 0 Å². The number of nitrogens with one attached hydrogen (secondary N) is 1. The highest BCUT2D eigenvalue weighted by Crippen LogP contribution is 2.18. The normalized spacial score (nSPS) is 10.3. The summed E-state index contributed by atoms with van der Waals surface area (Å²) in [5.41, 5.74) is 2.86. The van der Waals surface area contributed by atoms with Gasteiger partial charge >= 0.3 is 0 Å². The molecule has 1 aromatic carbocycles. The van der Waals surface area contributed by atoms with Crippen LogP contribution in [0.4, 0.5) is 5.69 Å². The molecule has 0 saturated heterocycles. The van der Waals surface area contributed by atoms with Crippen LogP contribution in [0, 0.1) is 0 Å². The summed E-state index contributed by atoms with van der Waals surface area (Å²) >= 11 is 0. The van der Waals surface area contributed by atoms with Crippen molar-refractivity contribution in [2.24, 2.45) is 0 Å². The Hall–Kier alpha value is -2.76. The number of hydrogen-bond acceptors (Lipinski definition) is 5. The lowest BCUT2D eigenvalue weighted by Gasteiger charge is -2.11. The fourth-order valence-corrected chi connectivity index (χ4v) is 1.76. The molecular weight excluding hydrogens is 240 g/mol. The summed E-state index contributed by atoms with van der Waals surface area (Å²) in [7, 11) is 0. The predicted molar refractivity (Wildman–Crippen MR) is 70.7 cm³/mol. The summed E-state index contributed by atoms with van der Waals surface area (Å²) in [6.07, 6.45) is 6.46. The van der Waals surface area contributed by atoms with Crippen molar-refractivity contribution in [1.82, 2.24) is 24.7 Å². The van der Waals surface area contributed by atoms with Gasteiger partial charge in [-0.3, -0.25) is 0 Å². The third-order valence-corrected chi connectivity index (χ3v) is 2.67. The summed E-state index contributed by atoms with van der Waals surface area (Å²) in [6, 6.07) is 9.80.